The Morgan fingerprint density at radius 3 is 2.76 bits per heavy atom. The molecule has 0 aliphatic heterocycles. The Kier molecular flexibility index (Phi) is 2.26. The quantitative estimate of drug-likeness (QED) is 0.727. The van der Waals surface area contributed by atoms with Crippen LogP contribution >= 0.6 is 0 Å². The van der Waals surface area contributed by atoms with Crippen LogP contribution in [0, 0.1) is 0 Å². The van der Waals surface area contributed by atoms with Gasteiger partial charge in [-0.15, -0.1) is 0 Å². The minimum atomic E-state index is 0.210. The van der Waals surface area contributed by atoms with E-state index in [0.717, 1.165) is 23.1 Å². The van der Waals surface area contributed by atoms with Gasteiger partial charge in [0.2, 0.25) is 0 Å². The zero-order valence-corrected chi connectivity index (χ0v) is 9.13. The second-order valence-corrected chi connectivity index (χ2v) is 3.85. The van der Waals surface area contributed by atoms with Crippen LogP contribution in [0.2, 0.25) is 0 Å². The zero-order chi connectivity index (χ0) is 11.7. The smallest absolute Gasteiger partial charge is 0.292 e. The minimum Gasteiger partial charge on any atom is -0.424 e. The molecule has 84 valence electrons. The molecule has 0 radical (unpaired) electrons. The van der Waals surface area contributed by atoms with E-state index in [-0.39, 0.29) is 6.01 Å². The van der Waals surface area contributed by atoms with Crippen molar-refractivity contribution in [3.8, 4) is 0 Å². The summed E-state index contributed by atoms with van der Waals surface area (Å²) in [5.41, 5.74) is 9.43. The van der Waals surface area contributed by atoms with E-state index in [9.17, 15) is 0 Å². The molecule has 0 amide bonds. The summed E-state index contributed by atoms with van der Waals surface area (Å²) in [4.78, 5) is 8.20. The largest absolute Gasteiger partial charge is 0.424 e. The van der Waals surface area contributed by atoms with Crippen LogP contribution in [0.25, 0.3) is 11.1 Å². The van der Waals surface area contributed by atoms with Crippen LogP contribution in [0.4, 0.5) is 6.01 Å². The van der Waals surface area contributed by atoms with Crippen LogP contribution in [0.5, 0.6) is 0 Å². The third-order valence-electron chi connectivity index (χ3n) is 2.66. The van der Waals surface area contributed by atoms with E-state index in [1.165, 1.54) is 5.56 Å². The number of aromatic nitrogens is 2. The molecule has 0 saturated heterocycles. The molecule has 2 aromatic heterocycles. The number of oxazole rings is 1. The van der Waals surface area contributed by atoms with Crippen LogP contribution in [-0.2, 0) is 6.42 Å². The van der Waals surface area contributed by atoms with Crippen molar-refractivity contribution >= 4 is 17.1 Å². The van der Waals surface area contributed by atoms with Gasteiger partial charge in [0.25, 0.3) is 6.01 Å². The molecule has 1 aromatic carbocycles. The van der Waals surface area contributed by atoms with Crippen LogP contribution in [0.15, 0.2) is 47.1 Å². The second kappa shape index (κ2) is 3.90. The molecule has 2 heterocycles. The number of pyridine rings is 1. The molecule has 0 spiro atoms. The fourth-order valence-electron chi connectivity index (χ4n) is 1.89. The summed E-state index contributed by atoms with van der Waals surface area (Å²) in [5.74, 6) is 0. The lowest BCUT2D eigenvalue weighted by atomic mass is 10.1. The van der Waals surface area contributed by atoms with Crippen LogP contribution in [0.1, 0.15) is 11.1 Å². The van der Waals surface area contributed by atoms with E-state index in [1.807, 2.05) is 30.3 Å². The van der Waals surface area contributed by atoms with Gasteiger partial charge in [-0.3, -0.25) is 4.98 Å². The van der Waals surface area contributed by atoms with Gasteiger partial charge >= 0.3 is 0 Å². The first-order chi connectivity index (χ1) is 8.33. The van der Waals surface area contributed by atoms with Crippen molar-refractivity contribution in [2.75, 3.05) is 5.73 Å². The molecular formula is C13H11N3O. The van der Waals surface area contributed by atoms with E-state index in [0.29, 0.717) is 0 Å². The average Bonchev–Trinajstić information content (AvgIpc) is 2.72. The zero-order valence-electron chi connectivity index (χ0n) is 9.13. The normalized spacial score (nSPS) is 10.8. The van der Waals surface area contributed by atoms with Crippen LogP contribution in [-0.4, -0.2) is 9.97 Å². The predicted octanol–water partition coefficient (Wildman–Crippen LogP) is 2.40. The van der Waals surface area contributed by atoms with Crippen LogP contribution in [0.3, 0.4) is 0 Å². The van der Waals surface area contributed by atoms with Gasteiger partial charge in [-0.25, -0.2) is 0 Å². The minimum absolute atomic E-state index is 0.210. The first-order valence-electron chi connectivity index (χ1n) is 5.36. The number of nitrogens with zero attached hydrogens (tertiary/aromatic N) is 2. The van der Waals surface area contributed by atoms with E-state index in [4.69, 9.17) is 10.2 Å². The summed E-state index contributed by atoms with van der Waals surface area (Å²) >= 11 is 0. The number of hydrogen-bond acceptors (Lipinski definition) is 4. The Bertz CT molecular complexity index is 646. The molecule has 0 fully saturated rings. The molecule has 0 aliphatic rings. The molecule has 0 atom stereocenters. The Labute approximate surface area is 98.1 Å². The summed E-state index contributed by atoms with van der Waals surface area (Å²) in [6, 6.07) is 10.0. The molecule has 0 bridgehead atoms. The van der Waals surface area contributed by atoms with Crippen molar-refractivity contribution in [2.45, 2.75) is 6.42 Å². The van der Waals surface area contributed by atoms with Crippen molar-refractivity contribution in [2.24, 2.45) is 0 Å². The summed E-state index contributed by atoms with van der Waals surface area (Å²) in [5, 5.41) is 0. The van der Waals surface area contributed by atoms with Crippen LogP contribution < -0.4 is 5.73 Å². The van der Waals surface area contributed by atoms with Gasteiger partial charge in [0.05, 0.1) is 0 Å². The lowest BCUT2D eigenvalue weighted by Crippen LogP contribution is -1.90. The average molecular weight is 225 g/mol. The Morgan fingerprint density at radius 2 is 1.94 bits per heavy atom. The monoisotopic (exact) mass is 225 g/mol. The van der Waals surface area contributed by atoms with Gasteiger partial charge in [0, 0.05) is 12.4 Å². The molecule has 3 rings (SSSR count). The van der Waals surface area contributed by atoms with Gasteiger partial charge in [-0.05, 0) is 35.7 Å². The van der Waals surface area contributed by atoms with Gasteiger partial charge in [0.1, 0.15) is 5.52 Å². The molecule has 17 heavy (non-hydrogen) atoms. The highest BCUT2D eigenvalue weighted by molar-refractivity contribution is 5.78. The van der Waals surface area contributed by atoms with E-state index < -0.39 is 0 Å². The SMILES string of the molecule is Nc1nc2c(Cc3ccncc3)cccc2o1. The Balaban J connectivity index is 2.06. The Hall–Kier alpha value is -2.36. The van der Waals surface area contributed by atoms with Gasteiger partial charge in [0.15, 0.2) is 5.58 Å². The molecule has 0 aliphatic carbocycles. The lowest BCUT2D eigenvalue weighted by molar-refractivity contribution is 0.626. The van der Waals surface area contributed by atoms with Crippen molar-refractivity contribution < 1.29 is 4.42 Å². The molecule has 0 unspecified atom stereocenters. The van der Waals surface area contributed by atoms with Gasteiger partial charge in [-0.1, -0.05) is 12.1 Å². The van der Waals surface area contributed by atoms with E-state index in [2.05, 4.69) is 9.97 Å². The number of nitrogens with two attached hydrogens (primary N) is 1. The number of anilines is 1. The standard InChI is InChI=1S/C13H11N3O/c14-13-16-12-10(2-1-3-11(12)17-13)8-9-4-6-15-7-5-9/h1-7H,8H2,(H2,14,16). The highest BCUT2D eigenvalue weighted by Gasteiger charge is 2.07. The van der Waals surface area contributed by atoms with Gasteiger partial charge < -0.3 is 10.2 Å². The molecule has 2 N–H and O–H groups in total. The molecule has 0 saturated carbocycles. The fraction of sp³-hybridized carbons (Fsp3) is 0.0769. The third-order valence-corrected chi connectivity index (χ3v) is 2.66. The number of para-hydroxylation sites is 1. The molecule has 4 nitrogen and oxygen atoms in total. The lowest BCUT2D eigenvalue weighted by Gasteiger charge is -2.01. The van der Waals surface area contributed by atoms with Crippen molar-refractivity contribution in [3.05, 3.63) is 53.9 Å². The number of benzene rings is 1. The van der Waals surface area contributed by atoms with Gasteiger partial charge in [-0.2, -0.15) is 4.98 Å². The molecule has 4 heteroatoms. The fourth-order valence-corrected chi connectivity index (χ4v) is 1.89. The maximum atomic E-state index is 5.57. The van der Waals surface area contributed by atoms with Crippen molar-refractivity contribution in [1.82, 2.24) is 9.97 Å². The summed E-state index contributed by atoms with van der Waals surface area (Å²) in [6.07, 6.45) is 4.37. The number of fused-ring (bicyclic) bond motifs is 1. The summed E-state index contributed by atoms with van der Waals surface area (Å²) < 4.78 is 5.30. The molecular weight excluding hydrogens is 214 g/mol. The number of rotatable bonds is 2. The van der Waals surface area contributed by atoms with Crippen molar-refractivity contribution in [3.63, 3.8) is 0 Å². The topological polar surface area (TPSA) is 64.9 Å². The highest BCUT2D eigenvalue weighted by atomic mass is 16.4. The molecule has 3 aromatic rings. The number of nitrogen functional groups attached to an aromatic ring is 1. The first-order valence-corrected chi connectivity index (χ1v) is 5.36. The summed E-state index contributed by atoms with van der Waals surface area (Å²) in [7, 11) is 0. The van der Waals surface area contributed by atoms with Crippen molar-refractivity contribution in [1.29, 1.82) is 0 Å². The Morgan fingerprint density at radius 1 is 1.12 bits per heavy atom. The van der Waals surface area contributed by atoms with E-state index in [1.54, 1.807) is 12.4 Å². The highest BCUT2D eigenvalue weighted by Crippen LogP contribution is 2.22. The third kappa shape index (κ3) is 1.85. The maximum absolute atomic E-state index is 5.57. The predicted molar refractivity (Wildman–Crippen MR) is 65.5 cm³/mol. The van der Waals surface area contributed by atoms with E-state index >= 15 is 0 Å². The number of hydrogen-bond donors (Lipinski definition) is 1. The summed E-state index contributed by atoms with van der Waals surface area (Å²) in [6.45, 7) is 0. The first kappa shape index (κ1) is 9.84. The maximum Gasteiger partial charge on any atom is 0.292 e. The second-order valence-electron chi connectivity index (χ2n) is 3.85.